The zero-order valence-electron chi connectivity index (χ0n) is 41.9. The fourth-order valence-electron chi connectivity index (χ4n) is 11.2. The summed E-state index contributed by atoms with van der Waals surface area (Å²) in [5.74, 6) is 0. The van der Waals surface area contributed by atoms with E-state index >= 15 is 0 Å². The third-order valence-corrected chi connectivity index (χ3v) is 14.7. The highest BCUT2D eigenvalue weighted by Gasteiger charge is 2.26. The number of hydrogen-bond donors (Lipinski definition) is 0. The van der Waals surface area contributed by atoms with E-state index in [-0.39, 0.29) is 0 Å². The molecule has 13 rings (SSSR count). The van der Waals surface area contributed by atoms with Crippen LogP contribution in [0.25, 0.3) is 77.2 Å². The van der Waals surface area contributed by atoms with Gasteiger partial charge in [-0.15, -0.1) is 0 Å². The molecule has 0 fully saturated rings. The van der Waals surface area contributed by atoms with E-state index in [0.29, 0.717) is 11.1 Å². The van der Waals surface area contributed by atoms with Crippen LogP contribution in [0.2, 0.25) is 0 Å². The Labute approximate surface area is 441 Å². The first kappa shape index (κ1) is 45.5. The number of hydrogen-bond acceptors (Lipinski definition) is 4. The summed E-state index contributed by atoms with van der Waals surface area (Å²) in [7, 11) is 0. The van der Waals surface area contributed by atoms with Crippen molar-refractivity contribution < 1.29 is 0 Å². The Hall–Kier alpha value is -10.4. The van der Waals surface area contributed by atoms with Crippen LogP contribution in [0.3, 0.4) is 0 Å². The van der Waals surface area contributed by atoms with Crippen LogP contribution in [-0.2, 0) is 0 Å². The van der Waals surface area contributed by atoms with E-state index in [2.05, 4.69) is 251 Å². The number of nitriles is 2. The summed E-state index contributed by atoms with van der Waals surface area (Å²) in [6, 6.07) is 94.4. The fraction of sp³-hybridized carbons (Fsp3) is 0.0286. The van der Waals surface area contributed by atoms with Gasteiger partial charge in [-0.3, -0.25) is 0 Å². The largest absolute Gasteiger partial charge is 0.310 e. The van der Waals surface area contributed by atoms with Crippen LogP contribution in [-0.4, -0.2) is 9.13 Å². The van der Waals surface area contributed by atoms with Gasteiger partial charge in [0, 0.05) is 77.9 Å². The Balaban J connectivity index is 1.19. The minimum atomic E-state index is 0.548. The van der Waals surface area contributed by atoms with Gasteiger partial charge in [-0.25, -0.2) is 0 Å². The van der Waals surface area contributed by atoms with Crippen molar-refractivity contribution in [3.63, 3.8) is 0 Å². The van der Waals surface area contributed by atoms with E-state index < -0.39 is 0 Å². The smallest absolute Gasteiger partial charge is 0.0998 e. The van der Waals surface area contributed by atoms with Crippen molar-refractivity contribution in [1.82, 2.24) is 9.13 Å². The molecule has 0 spiro atoms. The standard InChI is InChI=1S/C70H48N6/c1-47-31-35-59-60-36-32-48(2)40-68(60)76(67(59)39-47)70-44-69(63(57-29-17-15-19-49(57)45-71)43-64(70)58-30-18-16-20-50(58)46-72)75-65-37-33-55(73(51-21-7-3-8-22-51)52-23-9-4-10-24-52)41-61(65)62-42-56(34-38-66(62)75)74(53-25-11-5-12-26-53)54-27-13-6-14-28-54/h3-44H,1-2H3. The number of nitrogens with zero attached hydrogens (tertiary/aromatic N) is 6. The number of rotatable bonds is 10. The fourth-order valence-corrected chi connectivity index (χ4v) is 11.2. The lowest BCUT2D eigenvalue weighted by atomic mass is 9.91. The Morgan fingerprint density at radius 3 is 1.03 bits per heavy atom. The van der Waals surface area contributed by atoms with E-state index in [1.54, 1.807) is 0 Å². The zero-order valence-corrected chi connectivity index (χ0v) is 41.9. The maximum atomic E-state index is 10.9. The average molecular weight is 973 g/mol. The molecule has 0 N–H and O–H groups in total. The molecule has 0 unspecified atom stereocenters. The van der Waals surface area contributed by atoms with Crippen LogP contribution < -0.4 is 9.80 Å². The van der Waals surface area contributed by atoms with Crippen LogP contribution in [0.15, 0.2) is 255 Å². The molecule has 6 nitrogen and oxygen atoms in total. The normalized spacial score (nSPS) is 11.3. The van der Waals surface area contributed by atoms with Crippen molar-refractivity contribution in [2.75, 3.05) is 9.80 Å². The van der Waals surface area contributed by atoms with Crippen LogP contribution in [0.4, 0.5) is 34.1 Å². The quantitative estimate of drug-likeness (QED) is 0.137. The summed E-state index contributed by atoms with van der Waals surface area (Å²) in [6.07, 6.45) is 0. The molecule has 0 bridgehead atoms. The van der Waals surface area contributed by atoms with E-state index in [9.17, 15) is 10.5 Å². The molecule has 0 aliphatic rings. The molecule has 0 saturated heterocycles. The summed E-state index contributed by atoms with van der Waals surface area (Å²) in [5, 5.41) is 26.1. The number of para-hydroxylation sites is 4. The number of fused-ring (bicyclic) bond motifs is 6. The van der Waals surface area contributed by atoms with E-state index in [0.717, 1.165) is 122 Å². The first-order chi connectivity index (χ1) is 37.4. The molecule has 11 aromatic carbocycles. The summed E-state index contributed by atoms with van der Waals surface area (Å²) in [4.78, 5) is 4.63. The highest BCUT2D eigenvalue weighted by molar-refractivity contribution is 6.14. The van der Waals surface area contributed by atoms with Crippen molar-refractivity contribution in [2.24, 2.45) is 0 Å². The summed E-state index contributed by atoms with van der Waals surface area (Å²) in [5.41, 5.74) is 18.8. The van der Waals surface area contributed by atoms with E-state index in [4.69, 9.17) is 0 Å². The highest BCUT2D eigenvalue weighted by atomic mass is 15.2. The third-order valence-electron chi connectivity index (χ3n) is 14.7. The van der Waals surface area contributed by atoms with Crippen molar-refractivity contribution in [1.29, 1.82) is 10.5 Å². The average Bonchev–Trinajstić information content (AvgIpc) is 3.98. The predicted octanol–water partition coefficient (Wildman–Crippen LogP) is 18.5. The monoisotopic (exact) mass is 972 g/mol. The van der Waals surface area contributed by atoms with Gasteiger partial charge in [0.05, 0.1) is 56.7 Å². The third kappa shape index (κ3) is 7.73. The molecule has 0 radical (unpaired) electrons. The molecule has 2 aromatic heterocycles. The molecular weight excluding hydrogens is 925 g/mol. The van der Waals surface area contributed by atoms with Gasteiger partial charge in [0.1, 0.15) is 0 Å². The predicted molar refractivity (Wildman–Crippen MR) is 314 cm³/mol. The first-order valence-electron chi connectivity index (χ1n) is 25.5. The van der Waals surface area contributed by atoms with Crippen LogP contribution >= 0.6 is 0 Å². The minimum absolute atomic E-state index is 0.548. The van der Waals surface area contributed by atoms with Crippen LogP contribution in [0, 0.1) is 36.5 Å². The van der Waals surface area contributed by atoms with Gasteiger partial charge in [-0.05, 0) is 146 Å². The van der Waals surface area contributed by atoms with Gasteiger partial charge in [-0.1, -0.05) is 133 Å². The second-order valence-electron chi connectivity index (χ2n) is 19.3. The molecule has 0 aliphatic carbocycles. The second-order valence-corrected chi connectivity index (χ2v) is 19.3. The number of anilines is 6. The number of benzene rings is 11. The topological polar surface area (TPSA) is 63.9 Å². The highest BCUT2D eigenvalue weighted by Crippen LogP contribution is 2.47. The second kappa shape index (κ2) is 18.9. The molecule has 358 valence electrons. The Morgan fingerprint density at radius 1 is 0.289 bits per heavy atom. The summed E-state index contributed by atoms with van der Waals surface area (Å²) >= 11 is 0. The van der Waals surface area contributed by atoms with Crippen molar-refractivity contribution in [3.8, 4) is 45.8 Å². The molecule has 0 atom stereocenters. The number of aryl methyl sites for hydroxylation is 2. The van der Waals surface area contributed by atoms with Gasteiger partial charge in [0.15, 0.2) is 0 Å². The molecule has 13 aromatic rings. The molecule has 76 heavy (non-hydrogen) atoms. The first-order valence-corrected chi connectivity index (χ1v) is 25.5. The van der Waals surface area contributed by atoms with Crippen molar-refractivity contribution in [3.05, 3.63) is 277 Å². The minimum Gasteiger partial charge on any atom is -0.310 e. The maximum absolute atomic E-state index is 10.9. The zero-order chi connectivity index (χ0) is 51.3. The van der Waals surface area contributed by atoms with Gasteiger partial charge < -0.3 is 18.9 Å². The van der Waals surface area contributed by atoms with Gasteiger partial charge in [0.25, 0.3) is 0 Å². The van der Waals surface area contributed by atoms with Crippen LogP contribution in [0.1, 0.15) is 22.3 Å². The molecule has 2 heterocycles. The lowest BCUT2D eigenvalue weighted by Crippen LogP contribution is -2.09. The Bertz CT molecular complexity index is 4170. The van der Waals surface area contributed by atoms with Crippen molar-refractivity contribution >= 4 is 77.7 Å². The Morgan fingerprint density at radius 2 is 0.645 bits per heavy atom. The van der Waals surface area contributed by atoms with E-state index in [1.807, 2.05) is 48.5 Å². The van der Waals surface area contributed by atoms with E-state index in [1.165, 1.54) is 0 Å². The SMILES string of the molecule is Cc1ccc2c3ccc(C)cc3n(-c3cc(-n4c5ccc(N(c6ccccc6)c6ccccc6)cc5c5cc(N(c6ccccc6)c6ccccc6)ccc54)c(-c4ccccc4C#N)cc3-c3ccccc3C#N)c2c1. The lowest BCUT2D eigenvalue weighted by Gasteiger charge is -2.26. The molecule has 0 saturated carbocycles. The van der Waals surface area contributed by atoms with Gasteiger partial charge in [-0.2, -0.15) is 10.5 Å². The molecule has 0 amide bonds. The van der Waals surface area contributed by atoms with Gasteiger partial charge in [0.2, 0.25) is 0 Å². The summed E-state index contributed by atoms with van der Waals surface area (Å²) < 4.78 is 4.78. The number of aromatic nitrogens is 2. The summed E-state index contributed by atoms with van der Waals surface area (Å²) in [6.45, 7) is 4.28. The lowest BCUT2D eigenvalue weighted by molar-refractivity contribution is 1.13. The molecule has 0 aliphatic heterocycles. The van der Waals surface area contributed by atoms with Gasteiger partial charge >= 0.3 is 0 Å². The molecule has 6 heteroatoms. The Kier molecular flexibility index (Phi) is 11.3. The molecular formula is C70H48N6. The van der Waals surface area contributed by atoms with Crippen LogP contribution in [0.5, 0.6) is 0 Å². The van der Waals surface area contributed by atoms with Crippen molar-refractivity contribution in [2.45, 2.75) is 13.8 Å². The maximum Gasteiger partial charge on any atom is 0.0998 e.